The van der Waals surface area contributed by atoms with Crippen molar-refractivity contribution in [2.24, 2.45) is 0 Å². The fourth-order valence-corrected chi connectivity index (χ4v) is 2.92. The molecule has 0 unspecified atom stereocenters. The third kappa shape index (κ3) is 5.05. The van der Waals surface area contributed by atoms with Crippen molar-refractivity contribution in [3.63, 3.8) is 0 Å². The quantitative estimate of drug-likeness (QED) is 0.736. The molecule has 1 aliphatic carbocycles. The van der Waals surface area contributed by atoms with Crippen LogP contribution in [-0.2, 0) is 0 Å². The number of hydrogen-bond donors (Lipinski definition) is 2. The van der Waals surface area contributed by atoms with E-state index in [2.05, 4.69) is 26.7 Å². The molecule has 26 heavy (non-hydrogen) atoms. The van der Waals surface area contributed by atoms with E-state index in [-0.39, 0.29) is 11.6 Å². The van der Waals surface area contributed by atoms with E-state index in [1.165, 1.54) is 37.5 Å². The molecule has 1 aliphatic rings. The first-order valence-corrected chi connectivity index (χ1v) is 8.94. The molecule has 6 heteroatoms. The van der Waals surface area contributed by atoms with E-state index in [1.807, 2.05) is 12.1 Å². The van der Waals surface area contributed by atoms with Crippen LogP contribution < -0.4 is 15.4 Å². The highest BCUT2D eigenvalue weighted by Gasteiger charge is 2.09. The van der Waals surface area contributed by atoms with E-state index in [0.29, 0.717) is 17.3 Å². The lowest BCUT2D eigenvalue weighted by molar-refractivity contribution is 0.102. The average molecular weight is 352 g/mol. The molecule has 0 aliphatic heterocycles. The molecule has 0 fully saturated rings. The largest absolute Gasteiger partial charge is 0.497 e. The van der Waals surface area contributed by atoms with E-state index in [0.717, 1.165) is 13.0 Å². The standard InChI is InChI=1S/C20H24N4O2/c1-26-17-9-5-8-16(12-17)24-20(25)18-13-23-19(14-22-18)21-11-10-15-6-3-2-4-7-15/h5-6,8-9,12-14H,2-4,7,10-11H2,1H3,(H,21,23)(H,24,25). The van der Waals surface area contributed by atoms with Gasteiger partial charge in [0.1, 0.15) is 17.3 Å². The highest BCUT2D eigenvalue weighted by molar-refractivity contribution is 6.02. The topological polar surface area (TPSA) is 76.1 Å². The van der Waals surface area contributed by atoms with Crippen LogP contribution in [0.4, 0.5) is 11.5 Å². The molecule has 1 aromatic heterocycles. The molecule has 1 aromatic carbocycles. The van der Waals surface area contributed by atoms with Gasteiger partial charge in [-0.1, -0.05) is 17.7 Å². The first-order chi connectivity index (χ1) is 12.7. The van der Waals surface area contributed by atoms with Gasteiger partial charge in [0, 0.05) is 18.3 Å². The Hall–Kier alpha value is -2.89. The monoisotopic (exact) mass is 352 g/mol. The molecule has 0 atom stereocenters. The maximum absolute atomic E-state index is 12.3. The molecule has 3 rings (SSSR count). The summed E-state index contributed by atoms with van der Waals surface area (Å²) in [5, 5.41) is 6.05. The fourth-order valence-electron chi connectivity index (χ4n) is 2.92. The Morgan fingerprint density at radius 2 is 2.15 bits per heavy atom. The van der Waals surface area contributed by atoms with Gasteiger partial charge in [0.15, 0.2) is 0 Å². The summed E-state index contributed by atoms with van der Waals surface area (Å²) in [5.41, 5.74) is 2.44. The molecular formula is C20H24N4O2. The number of hydrogen-bond acceptors (Lipinski definition) is 5. The van der Waals surface area contributed by atoms with Crippen LogP contribution in [0.15, 0.2) is 48.3 Å². The van der Waals surface area contributed by atoms with Crippen LogP contribution in [0.3, 0.4) is 0 Å². The molecule has 2 N–H and O–H groups in total. The number of benzene rings is 1. The lowest BCUT2D eigenvalue weighted by atomic mass is 9.97. The lowest BCUT2D eigenvalue weighted by Crippen LogP contribution is -2.14. The molecule has 136 valence electrons. The Bertz CT molecular complexity index is 772. The number of methoxy groups -OCH3 is 1. The van der Waals surface area contributed by atoms with Crippen molar-refractivity contribution in [3.05, 3.63) is 54.0 Å². The van der Waals surface area contributed by atoms with Gasteiger partial charge in [0.2, 0.25) is 0 Å². The van der Waals surface area contributed by atoms with E-state index < -0.39 is 0 Å². The molecular weight excluding hydrogens is 328 g/mol. The van der Waals surface area contributed by atoms with Crippen molar-refractivity contribution in [2.75, 3.05) is 24.3 Å². The molecule has 0 bridgehead atoms. The highest BCUT2D eigenvalue weighted by atomic mass is 16.5. The Morgan fingerprint density at radius 3 is 2.88 bits per heavy atom. The number of carbonyl (C=O) groups excluding carboxylic acids is 1. The smallest absolute Gasteiger partial charge is 0.275 e. The first kappa shape index (κ1) is 17.9. The second-order valence-corrected chi connectivity index (χ2v) is 6.26. The third-order valence-corrected chi connectivity index (χ3v) is 4.35. The van der Waals surface area contributed by atoms with Crippen LogP contribution in [0.25, 0.3) is 0 Å². The minimum Gasteiger partial charge on any atom is -0.497 e. The van der Waals surface area contributed by atoms with Crippen LogP contribution in [0.1, 0.15) is 42.6 Å². The predicted octanol–water partition coefficient (Wildman–Crippen LogP) is 4.04. The van der Waals surface area contributed by atoms with Crippen molar-refractivity contribution < 1.29 is 9.53 Å². The summed E-state index contributed by atoms with van der Waals surface area (Å²) < 4.78 is 5.15. The number of ether oxygens (including phenoxy) is 1. The molecule has 1 heterocycles. The molecule has 0 spiro atoms. The van der Waals surface area contributed by atoms with E-state index in [4.69, 9.17) is 4.74 Å². The summed E-state index contributed by atoms with van der Waals surface area (Å²) in [5.74, 6) is 1.06. The van der Waals surface area contributed by atoms with Crippen LogP contribution >= 0.6 is 0 Å². The van der Waals surface area contributed by atoms with Crippen LogP contribution in [0, 0.1) is 0 Å². The van der Waals surface area contributed by atoms with Gasteiger partial charge < -0.3 is 15.4 Å². The Labute approximate surface area is 153 Å². The fraction of sp³-hybridized carbons (Fsp3) is 0.350. The highest BCUT2D eigenvalue weighted by Crippen LogP contribution is 2.20. The second-order valence-electron chi connectivity index (χ2n) is 6.26. The predicted molar refractivity (Wildman–Crippen MR) is 103 cm³/mol. The van der Waals surface area contributed by atoms with Gasteiger partial charge in [-0.3, -0.25) is 4.79 Å². The molecule has 0 saturated heterocycles. The summed E-state index contributed by atoms with van der Waals surface area (Å²) in [6.07, 6.45) is 11.5. The van der Waals surface area contributed by atoms with Gasteiger partial charge >= 0.3 is 0 Å². The Kier molecular flexibility index (Phi) is 6.19. The summed E-state index contributed by atoms with van der Waals surface area (Å²) >= 11 is 0. The number of nitrogens with one attached hydrogen (secondary N) is 2. The zero-order valence-electron chi connectivity index (χ0n) is 15.0. The number of nitrogens with zero attached hydrogens (tertiary/aromatic N) is 2. The molecule has 6 nitrogen and oxygen atoms in total. The van der Waals surface area contributed by atoms with Gasteiger partial charge in [-0.2, -0.15) is 0 Å². The maximum Gasteiger partial charge on any atom is 0.275 e. The number of amides is 1. The minimum absolute atomic E-state index is 0.272. The van der Waals surface area contributed by atoms with Crippen molar-refractivity contribution in [1.29, 1.82) is 0 Å². The van der Waals surface area contributed by atoms with Crippen molar-refractivity contribution >= 4 is 17.4 Å². The minimum atomic E-state index is -0.301. The van der Waals surface area contributed by atoms with Crippen molar-refractivity contribution in [1.82, 2.24) is 9.97 Å². The molecule has 0 saturated carbocycles. The third-order valence-electron chi connectivity index (χ3n) is 4.35. The number of aromatic nitrogens is 2. The summed E-state index contributed by atoms with van der Waals surface area (Å²) in [6.45, 7) is 0.829. The van der Waals surface area contributed by atoms with Crippen LogP contribution in [0.2, 0.25) is 0 Å². The molecule has 0 radical (unpaired) electrons. The van der Waals surface area contributed by atoms with Gasteiger partial charge in [-0.15, -0.1) is 0 Å². The van der Waals surface area contributed by atoms with Crippen LogP contribution in [-0.4, -0.2) is 29.5 Å². The Morgan fingerprint density at radius 1 is 1.23 bits per heavy atom. The summed E-state index contributed by atoms with van der Waals surface area (Å²) in [7, 11) is 1.59. The first-order valence-electron chi connectivity index (χ1n) is 8.94. The van der Waals surface area contributed by atoms with E-state index >= 15 is 0 Å². The van der Waals surface area contributed by atoms with E-state index in [1.54, 1.807) is 25.4 Å². The van der Waals surface area contributed by atoms with Gasteiger partial charge in [-0.25, -0.2) is 9.97 Å². The normalized spacial score (nSPS) is 13.7. The average Bonchev–Trinajstić information content (AvgIpc) is 2.69. The zero-order valence-corrected chi connectivity index (χ0v) is 15.0. The summed E-state index contributed by atoms with van der Waals surface area (Å²) in [6, 6.07) is 7.18. The molecule has 1 amide bonds. The van der Waals surface area contributed by atoms with Gasteiger partial charge in [0.25, 0.3) is 5.91 Å². The number of anilines is 2. The number of allylic oxidation sites excluding steroid dienone is 1. The lowest BCUT2D eigenvalue weighted by Gasteiger charge is -2.13. The maximum atomic E-state index is 12.3. The number of rotatable bonds is 7. The second kappa shape index (κ2) is 8.99. The van der Waals surface area contributed by atoms with Crippen molar-refractivity contribution in [3.8, 4) is 5.75 Å². The van der Waals surface area contributed by atoms with Gasteiger partial charge in [0.05, 0.1) is 19.5 Å². The van der Waals surface area contributed by atoms with Crippen LogP contribution in [0.5, 0.6) is 5.75 Å². The Balaban J connectivity index is 1.51. The molecule has 2 aromatic rings. The van der Waals surface area contributed by atoms with E-state index in [9.17, 15) is 4.79 Å². The zero-order chi connectivity index (χ0) is 18.2. The number of carbonyl (C=O) groups is 1. The SMILES string of the molecule is COc1cccc(NC(=O)c2cnc(NCCC3=CCCCC3)cn2)c1. The summed E-state index contributed by atoms with van der Waals surface area (Å²) in [4.78, 5) is 20.7. The van der Waals surface area contributed by atoms with Gasteiger partial charge in [-0.05, 0) is 44.2 Å². The van der Waals surface area contributed by atoms with Crippen molar-refractivity contribution in [2.45, 2.75) is 32.1 Å².